The topological polar surface area (TPSA) is 58.4 Å². The summed E-state index contributed by atoms with van der Waals surface area (Å²) in [5, 5.41) is 0. The molecule has 3 N–H and O–H groups in total. The van der Waals surface area contributed by atoms with E-state index >= 15 is 0 Å². The summed E-state index contributed by atoms with van der Waals surface area (Å²) >= 11 is 1.98. The van der Waals surface area contributed by atoms with Crippen molar-refractivity contribution in [3.05, 3.63) is 0 Å². The summed E-state index contributed by atoms with van der Waals surface area (Å²) in [7, 11) is 0. The van der Waals surface area contributed by atoms with Gasteiger partial charge in [-0.25, -0.2) is 5.84 Å². The molecule has 0 spiro atoms. The van der Waals surface area contributed by atoms with Crippen LogP contribution in [0.4, 0.5) is 0 Å². The van der Waals surface area contributed by atoms with Crippen LogP contribution < -0.4 is 11.3 Å². The van der Waals surface area contributed by atoms with Gasteiger partial charge < -0.3 is 0 Å². The average Bonchev–Trinajstić information content (AvgIpc) is 2.16. The maximum atomic E-state index is 10.9. The van der Waals surface area contributed by atoms with Crippen LogP contribution in [0, 0.1) is 0 Å². The van der Waals surface area contributed by atoms with Crippen molar-refractivity contribution in [1.82, 2.24) is 10.3 Å². The number of nitrogens with one attached hydrogen (secondary N) is 1. The maximum absolute atomic E-state index is 10.9. The molecule has 1 aliphatic rings. The molecule has 1 rings (SSSR count). The summed E-state index contributed by atoms with van der Waals surface area (Å²) in [5.41, 5.74) is 2.15. The number of hydrogen-bond donors (Lipinski definition) is 2. The minimum absolute atomic E-state index is 0.0783. The second kappa shape index (κ2) is 5.47. The molecule has 0 aromatic heterocycles. The van der Waals surface area contributed by atoms with E-state index in [1.165, 1.54) is 11.5 Å². The Labute approximate surface area is 83.2 Å². The molecule has 0 aromatic carbocycles. The molecule has 0 radical (unpaired) electrons. The summed E-state index contributed by atoms with van der Waals surface area (Å²) < 4.78 is 0. The fourth-order valence-corrected chi connectivity index (χ4v) is 2.49. The van der Waals surface area contributed by atoms with Crippen LogP contribution in [0.15, 0.2) is 0 Å². The van der Waals surface area contributed by atoms with Gasteiger partial charge in [-0.05, 0) is 6.92 Å². The third-order valence-electron chi connectivity index (χ3n) is 2.29. The third kappa shape index (κ3) is 3.54. The van der Waals surface area contributed by atoms with Gasteiger partial charge >= 0.3 is 0 Å². The van der Waals surface area contributed by atoms with Crippen LogP contribution in [0.2, 0.25) is 0 Å². The lowest BCUT2D eigenvalue weighted by Gasteiger charge is -2.32. The summed E-state index contributed by atoms with van der Waals surface area (Å²) in [6, 6.07) is 0.587. The molecule has 1 saturated heterocycles. The van der Waals surface area contributed by atoms with Crippen LogP contribution in [0.3, 0.4) is 0 Å². The molecule has 1 heterocycles. The van der Waals surface area contributed by atoms with Gasteiger partial charge in [-0.3, -0.25) is 15.1 Å². The molecule has 5 heteroatoms. The fraction of sp³-hybridized carbons (Fsp3) is 0.875. The highest BCUT2D eigenvalue weighted by Gasteiger charge is 2.18. The van der Waals surface area contributed by atoms with E-state index in [1.54, 1.807) is 0 Å². The van der Waals surface area contributed by atoms with Crippen LogP contribution >= 0.6 is 11.8 Å². The summed E-state index contributed by atoms with van der Waals surface area (Å²) in [4.78, 5) is 13.2. The zero-order valence-electron chi connectivity index (χ0n) is 7.95. The highest BCUT2D eigenvalue weighted by molar-refractivity contribution is 7.99. The van der Waals surface area contributed by atoms with E-state index in [0.717, 1.165) is 13.1 Å². The Bertz CT molecular complexity index is 177. The van der Waals surface area contributed by atoms with Crippen molar-refractivity contribution >= 4 is 17.7 Å². The lowest BCUT2D eigenvalue weighted by atomic mass is 10.2. The van der Waals surface area contributed by atoms with Gasteiger partial charge in [0.05, 0.1) is 0 Å². The Morgan fingerprint density at radius 1 is 1.77 bits per heavy atom. The van der Waals surface area contributed by atoms with E-state index in [2.05, 4.69) is 17.2 Å². The number of hydrogen-bond acceptors (Lipinski definition) is 4. The van der Waals surface area contributed by atoms with Crippen LogP contribution in [0.1, 0.15) is 13.3 Å². The number of carbonyl (C=O) groups is 1. The van der Waals surface area contributed by atoms with Gasteiger partial charge in [0.25, 0.3) is 0 Å². The molecule has 1 atom stereocenters. The molecule has 0 aromatic rings. The summed E-state index contributed by atoms with van der Waals surface area (Å²) in [5.74, 6) is 7.27. The first-order chi connectivity index (χ1) is 6.24. The van der Waals surface area contributed by atoms with Crippen molar-refractivity contribution in [2.45, 2.75) is 19.4 Å². The van der Waals surface area contributed by atoms with E-state index in [-0.39, 0.29) is 5.91 Å². The molecule has 1 amide bonds. The molecule has 1 unspecified atom stereocenters. The van der Waals surface area contributed by atoms with Crippen molar-refractivity contribution < 1.29 is 4.79 Å². The van der Waals surface area contributed by atoms with Gasteiger partial charge in [-0.15, -0.1) is 0 Å². The Morgan fingerprint density at radius 3 is 3.15 bits per heavy atom. The van der Waals surface area contributed by atoms with E-state index < -0.39 is 0 Å². The lowest BCUT2D eigenvalue weighted by molar-refractivity contribution is -0.121. The number of nitrogens with zero attached hydrogens (tertiary/aromatic N) is 1. The first-order valence-corrected chi connectivity index (χ1v) is 5.70. The van der Waals surface area contributed by atoms with Crippen molar-refractivity contribution in [3.63, 3.8) is 0 Å². The number of nitrogens with two attached hydrogens (primary N) is 1. The van der Waals surface area contributed by atoms with Crippen LogP contribution in [0.25, 0.3) is 0 Å². The fourth-order valence-electron chi connectivity index (χ4n) is 1.41. The molecule has 0 bridgehead atoms. The average molecular weight is 203 g/mol. The molecule has 76 valence electrons. The molecular formula is C8H17N3OS. The normalized spacial score (nSPS) is 24.3. The van der Waals surface area contributed by atoms with Crippen molar-refractivity contribution in [1.29, 1.82) is 0 Å². The highest BCUT2D eigenvalue weighted by Crippen LogP contribution is 2.15. The smallest absolute Gasteiger partial charge is 0.235 e. The van der Waals surface area contributed by atoms with E-state index in [4.69, 9.17) is 5.84 Å². The zero-order valence-corrected chi connectivity index (χ0v) is 8.77. The molecule has 1 aliphatic heterocycles. The van der Waals surface area contributed by atoms with Gasteiger partial charge in [-0.1, -0.05) is 0 Å². The van der Waals surface area contributed by atoms with E-state index in [1.807, 2.05) is 11.8 Å². The lowest BCUT2D eigenvalue weighted by Crippen LogP contribution is -2.42. The zero-order chi connectivity index (χ0) is 9.68. The van der Waals surface area contributed by atoms with Gasteiger partial charge in [-0.2, -0.15) is 11.8 Å². The predicted octanol–water partition coefficient (Wildman–Crippen LogP) is -0.196. The van der Waals surface area contributed by atoms with Crippen LogP contribution in [-0.2, 0) is 4.79 Å². The van der Waals surface area contributed by atoms with Gasteiger partial charge in [0.1, 0.15) is 0 Å². The SMILES string of the molecule is CC1CSCCN1CCC(=O)NN. The van der Waals surface area contributed by atoms with Crippen molar-refractivity contribution in [2.75, 3.05) is 24.6 Å². The Morgan fingerprint density at radius 2 is 2.54 bits per heavy atom. The molecule has 1 fully saturated rings. The second-order valence-corrected chi connectivity index (χ2v) is 4.43. The minimum atomic E-state index is -0.0783. The Balaban J connectivity index is 2.22. The van der Waals surface area contributed by atoms with Crippen molar-refractivity contribution in [3.8, 4) is 0 Å². The summed E-state index contributed by atoms with van der Waals surface area (Å²) in [6.45, 7) is 4.11. The molecule has 0 saturated carbocycles. The van der Waals surface area contributed by atoms with Gasteiger partial charge in [0.15, 0.2) is 0 Å². The quantitative estimate of drug-likeness (QED) is 0.379. The Hall–Kier alpha value is -0.260. The number of hydrazine groups is 1. The third-order valence-corrected chi connectivity index (χ3v) is 3.48. The van der Waals surface area contributed by atoms with Crippen LogP contribution in [-0.4, -0.2) is 41.4 Å². The number of carbonyl (C=O) groups excluding carboxylic acids is 1. The van der Waals surface area contributed by atoms with Gasteiger partial charge in [0, 0.05) is 37.1 Å². The van der Waals surface area contributed by atoms with Gasteiger partial charge in [0.2, 0.25) is 5.91 Å². The number of thioether (sulfide) groups is 1. The first kappa shape index (κ1) is 10.8. The molecule has 0 aliphatic carbocycles. The predicted molar refractivity (Wildman–Crippen MR) is 55.3 cm³/mol. The maximum Gasteiger partial charge on any atom is 0.235 e. The van der Waals surface area contributed by atoms with Crippen molar-refractivity contribution in [2.24, 2.45) is 5.84 Å². The molecular weight excluding hydrogens is 186 g/mol. The number of rotatable bonds is 3. The first-order valence-electron chi connectivity index (χ1n) is 4.55. The number of amides is 1. The van der Waals surface area contributed by atoms with E-state index in [0.29, 0.717) is 12.5 Å². The van der Waals surface area contributed by atoms with Crippen LogP contribution in [0.5, 0.6) is 0 Å². The van der Waals surface area contributed by atoms with E-state index in [9.17, 15) is 4.79 Å². The summed E-state index contributed by atoms with van der Waals surface area (Å²) in [6.07, 6.45) is 0.505. The second-order valence-electron chi connectivity index (χ2n) is 3.28. The minimum Gasteiger partial charge on any atom is -0.299 e. The molecule has 13 heavy (non-hydrogen) atoms. The molecule has 4 nitrogen and oxygen atoms in total. The largest absolute Gasteiger partial charge is 0.299 e. The highest BCUT2D eigenvalue weighted by atomic mass is 32.2. The Kier molecular flexibility index (Phi) is 4.55. The standard InChI is InChI=1S/C8H17N3OS/c1-7-6-13-5-4-11(7)3-2-8(12)10-9/h7H,2-6,9H2,1H3,(H,10,12). The monoisotopic (exact) mass is 203 g/mol.